The third-order valence-electron chi connectivity index (χ3n) is 4.80. The Morgan fingerprint density at radius 1 is 1.39 bits per heavy atom. The van der Waals surface area contributed by atoms with Crippen molar-refractivity contribution in [3.05, 3.63) is 24.3 Å². The van der Waals surface area contributed by atoms with Gasteiger partial charge < -0.3 is 20.3 Å². The van der Waals surface area contributed by atoms with E-state index in [4.69, 9.17) is 4.74 Å². The fourth-order valence-electron chi connectivity index (χ4n) is 3.24. The van der Waals surface area contributed by atoms with E-state index in [1.54, 1.807) is 14.2 Å². The van der Waals surface area contributed by atoms with Crippen molar-refractivity contribution in [3.8, 4) is 5.75 Å². The van der Waals surface area contributed by atoms with Gasteiger partial charge in [-0.1, -0.05) is 12.1 Å². The quantitative estimate of drug-likeness (QED) is 0.308. The highest BCUT2D eigenvalue weighted by Crippen LogP contribution is 2.31. The molecule has 1 aromatic carbocycles. The molecule has 1 aliphatic rings. The highest BCUT2D eigenvalue weighted by molar-refractivity contribution is 14.0. The lowest BCUT2D eigenvalue weighted by molar-refractivity contribution is 0.414. The number of guanidine groups is 1. The van der Waals surface area contributed by atoms with Gasteiger partial charge in [0.15, 0.2) is 5.96 Å². The van der Waals surface area contributed by atoms with Crippen molar-refractivity contribution >= 4 is 45.5 Å². The van der Waals surface area contributed by atoms with Crippen LogP contribution in [-0.2, 0) is 9.84 Å². The number of halogens is 1. The van der Waals surface area contributed by atoms with Crippen molar-refractivity contribution in [2.75, 3.05) is 50.7 Å². The van der Waals surface area contributed by atoms with Crippen molar-refractivity contribution in [3.63, 3.8) is 0 Å². The molecule has 0 amide bonds. The minimum Gasteiger partial charge on any atom is -0.495 e. The lowest BCUT2D eigenvalue weighted by Crippen LogP contribution is -2.44. The Hall–Kier alpha value is -1.23. The number of benzene rings is 1. The number of methoxy groups -OCH3 is 1. The number of rotatable bonds is 8. The monoisotopic (exact) mass is 524 g/mol. The van der Waals surface area contributed by atoms with Crippen LogP contribution < -0.4 is 20.3 Å². The minimum absolute atomic E-state index is 0. The fraction of sp³-hybridized carbons (Fsp3) is 0.632. The summed E-state index contributed by atoms with van der Waals surface area (Å²) in [5.74, 6) is 2.31. The van der Waals surface area contributed by atoms with Gasteiger partial charge in [-0.05, 0) is 37.8 Å². The highest BCUT2D eigenvalue weighted by atomic mass is 127. The lowest BCUT2D eigenvalue weighted by atomic mass is 10.1. The zero-order chi connectivity index (χ0) is 19.9. The van der Waals surface area contributed by atoms with E-state index in [-0.39, 0.29) is 35.8 Å². The first kappa shape index (κ1) is 24.8. The van der Waals surface area contributed by atoms with Gasteiger partial charge in [-0.25, -0.2) is 8.42 Å². The van der Waals surface area contributed by atoms with Crippen LogP contribution in [0.25, 0.3) is 0 Å². The topological polar surface area (TPSA) is 83.0 Å². The molecule has 2 unspecified atom stereocenters. The van der Waals surface area contributed by atoms with Crippen LogP contribution in [0.3, 0.4) is 0 Å². The number of nitrogens with zero attached hydrogens (tertiary/aromatic N) is 2. The van der Waals surface area contributed by atoms with Crippen LogP contribution >= 0.6 is 24.0 Å². The Morgan fingerprint density at radius 2 is 2.11 bits per heavy atom. The Morgan fingerprint density at radius 3 is 2.75 bits per heavy atom. The third kappa shape index (κ3) is 8.02. The summed E-state index contributed by atoms with van der Waals surface area (Å²) < 4.78 is 28.1. The second-order valence-corrected chi connectivity index (χ2v) is 9.45. The predicted molar refractivity (Wildman–Crippen MR) is 127 cm³/mol. The normalized spacial score (nSPS) is 18.4. The molecule has 0 radical (unpaired) electrons. The molecule has 1 aromatic rings. The fourth-order valence-corrected chi connectivity index (χ4v) is 4.02. The molecule has 0 aliphatic carbocycles. The molecule has 1 aliphatic heterocycles. The molecule has 9 heteroatoms. The van der Waals surface area contributed by atoms with Crippen LogP contribution in [0.15, 0.2) is 29.3 Å². The molecule has 7 nitrogen and oxygen atoms in total. The summed E-state index contributed by atoms with van der Waals surface area (Å²) in [6, 6.07) is 8.15. The number of hydrogen-bond donors (Lipinski definition) is 2. The maximum Gasteiger partial charge on any atom is 0.191 e. The van der Waals surface area contributed by atoms with Gasteiger partial charge in [-0.2, -0.15) is 0 Å². The van der Waals surface area contributed by atoms with Crippen LogP contribution in [0.4, 0.5) is 5.69 Å². The summed E-state index contributed by atoms with van der Waals surface area (Å²) in [6.45, 7) is 4.76. The molecule has 1 heterocycles. The summed E-state index contributed by atoms with van der Waals surface area (Å²) in [4.78, 5) is 6.61. The van der Waals surface area contributed by atoms with Crippen molar-refractivity contribution in [1.29, 1.82) is 0 Å². The number of sulfone groups is 1. The SMILES string of the molecule is CN=C(NCC1CCN(c2ccccc2OC)C1)NC(C)CCS(C)(=O)=O.I. The van der Waals surface area contributed by atoms with Gasteiger partial charge >= 0.3 is 0 Å². The van der Waals surface area contributed by atoms with Crippen molar-refractivity contribution < 1.29 is 13.2 Å². The molecule has 0 bridgehead atoms. The van der Waals surface area contributed by atoms with E-state index in [0.29, 0.717) is 18.3 Å². The molecular weight excluding hydrogens is 491 g/mol. The average molecular weight is 524 g/mol. The Bertz CT molecular complexity index is 742. The zero-order valence-electron chi connectivity index (χ0n) is 17.1. The van der Waals surface area contributed by atoms with Crippen molar-refractivity contribution in [2.24, 2.45) is 10.9 Å². The van der Waals surface area contributed by atoms with E-state index in [9.17, 15) is 8.42 Å². The van der Waals surface area contributed by atoms with Gasteiger partial charge in [0.2, 0.25) is 0 Å². The second-order valence-electron chi connectivity index (χ2n) is 7.19. The van der Waals surface area contributed by atoms with Gasteiger partial charge in [0, 0.05) is 39.0 Å². The zero-order valence-corrected chi connectivity index (χ0v) is 20.3. The number of hydrogen-bond acceptors (Lipinski definition) is 5. The van der Waals surface area contributed by atoms with E-state index >= 15 is 0 Å². The summed E-state index contributed by atoms with van der Waals surface area (Å²) in [6.07, 6.45) is 2.93. The molecule has 28 heavy (non-hydrogen) atoms. The van der Waals surface area contributed by atoms with Gasteiger partial charge in [0.1, 0.15) is 15.6 Å². The van der Waals surface area contributed by atoms with E-state index in [1.165, 1.54) is 6.26 Å². The second kappa shape index (κ2) is 11.7. The summed E-state index contributed by atoms with van der Waals surface area (Å²) in [5, 5.41) is 6.64. The largest absolute Gasteiger partial charge is 0.495 e. The Labute approximate surface area is 186 Å². The van der Waals surface area contributed by atoms with Crippen LogP contribution in [0, 0.1) is 5.92 Å². The van der Waals surface area contributed by atoms with Crippen LogP contribution in [0.1, 0.15) is 19.8 Å². The molecule has 160 valence electrons. The molecule has 2 rings (SSSR count). The number of para-hydroxylation sites is 2. The number of nitrogens with one attached hydrogen (secondary N) is 2. The predicted octanol–water partition coefficient (Wildman–Crippen LogP) is 2.13. The number of aliphatic imine (C=N–C) groups is 1. The molecule has 0 aromatic heterocycles. The summed E-state index contributed by atoms with van der Waals surface area (Å²) in [7, 11) is 0.492. The first-order valence-corrected chi connectivity index (χ1v) is 11.4. The standard InChI is InChI=1S/C19H32N4O3S.HI/c1-15(10-12-27(4,24)25)22-19(20-2)21-13-16-9-11-23(14-16)17-7-5-6-8-18(17)26-3;/h5-8,15-16H,9-14H2,1-4H3,(H2,20,21,22);1H. The van der Waals surface area contributed by atoms with Crippen LogP contribution in [-0.4, -0.2) is 66.2 Å². The van der Waals surface area contributed by atoms with Gasteiger partial charge in [0.25, 0.3) is 0 Å². The Kier molecular flexibility index (Phi) is 10.4. The smallest absolute Gasteiger partial charge is 0.191 e. The highest BCUT2D eigenvalue weighted by Gasteiger charge is 2.24. The average Bonchev–Trinajstić information content (AvgIpc) is 3.11. The molecular formula is C19H33IN4O3S. The number of ether oxygens (including phenoxy) is 1. The van der Waals surface area contributed by atoms with E-state index in [0.717, 1.165) is 37.5 Å². The minimum atomic E-state index is -2.94. The molecule has 1 saturated heterocycles. The number of anilines is 1. The van der Waals surface area contributed by atoms with Crippen molar-refractivity contribution in [1.82, 2.24) is 10.6 Å². The first-order valence-electron chi connectivity index (χ1n) is 9.35. The molecule has 0 spiro atoms. The third-order valence-corrected chi connectivity index (χ3v) is 5.78. The van der Waals surface area contributed by atoms with Gasteiger partial charge in [-0.15, -0.1) is 24.0 Å². The van der Waals surface area contributed by atoms with E-state index < -0.39 is 9.84 Å². The summed E-state index contributed by atoms with van der Waals surface area (Å²) in [5.41, 5.74) is 1.14. The van der Waals surface area contributed by atoms with Gasteiger partial charge in [0.05, 0.1) is 18.6 Å². The van der Waals surface area contributed by atoms with Gasteiger partial charge in [-0.3, -0.25) is 4.99 Å². The van der Waals surface area contributed by atoms with E-state index in [2.05, 4.69) is 26.6 Å². The molecule has 0 saturated carbocycles. The molecule has 2 atom stereocenters. The Balaban J connectivity index is 0.00000392. The van der Waals surface area contributed by atoms with Crippen LogP contribution in [0.2, 0.25) is 0 Å². The van der Waals surface area contributed by atoms with Crippen LogP contribution in [0.5, 0.6) is 5.75 Å². The lowest BCUT2D eigenvalue weighted by Gasteiger charge is -2.22. The maximum atomic E-state index is 11.3. The van der Waals surface area contributed by atoms with Crippen molar-refractivity contribution in [2.45, 2.75) is 25.8 Å². The molecule has 1 fully saturated rings. The van der Waals surface area contributed by atoms with E-state index in [1.807, 2.05) is 25.1 Å². The maximum absolute atomic E-state index is 11.3. The summed E-state index contributed by atoms with van der Waals surface area (Å²) >= 11 is 0. The first-order chi connectivity index (χ1) is 12.8. The molecule has 2 N–H and O–H groups in total.